The molecule has 7 nitrogen and oxygen atoms in total. The summed E-state index contributed by atoms with van der Waals surface area (Å²) in [6, 6.07) is 10.3. The van der Waals surface area contributed by atoms with Gasteiger partial charge >= 0.3 is 6.03 Å². The molecule has 2 heterocycles. The van der Waals surface area contributed by atoms with Crippen LogP contribution in [-0.2, 0) is 13.1 Å². The number of nitrogens with one attached hydrogen (secondary N) is 2. The number of piperidine rings is 1. The van der Waals surface area contributed by atoms with Crippen molar-refractivity contribution >= 4 is 6.03 Å². The average molecular weight is 343 g/mol. The molecule has 2 amide bonds. The standard InChI is InChI=1S/C18H25N5O2/c1-14-21-17(22-25-14)11-20-18(24)19-10-16-8-5-9-23(13-16)12-15-6-3-2-4-7-15/h2-4,6-7,16H,5,8-13H2,1H3,(H2,19,20,24)/t16-/m1/s1. The van der Waals surface area contributed by atoms with E-state index < -0.39 is 0 Å². The predicted molar refractivity (Wildman–Crippen MR) is 93.7 cm³/mol. The molecule has 1 saturated heterocycles. The molecule has 1 aliphatic rings. The molecular weight excluding hydrogens is 318 g/mol. The fourth-order valence-electron chi connectivity index (χ4n) is 3.18. The number of amides is 2. The van der Waals surface area contributed by atoms with Crippen LogP contribution >= 0.6 is 0 Å². The van der Waals surface area contributed by atoms with E-state index in [-0.39, 0.29) is 12.6 Å². The van der Waals surface area contributed by atoms with E-state index in [0.29, 0.717) is 24.2 Å². The average Bonchev–Trinajstić information content (AvgIpc) is 3.05. The van der Waals surface area contributed by atoms with Crippen LogP contribution in [0.25, 0.3) is 0 Å². The number of nitrogens with zero attached hydrogens (tertiary/aromatic N) is 3. The summed E-state index contributed by atoms with van der Waals surface area (Å²) in [5.74, 6) is 1.47. The zero-order valence-electron chi connectivity index (χ0n) is 14.6. The molecule has 25 heavy (non-hydrogen) atoms. The highest BCUT2D eigenvalue weighted by molar-refractivity contribution is 5.73. The SMILES string of the molecule is Cc1nc(CNC(=O)NC[C@H]2CCCN(Cc3ccccc3)C2)no1. The minimum Gasteiger partial charge on any atom is -0.340 e. The highest BCUT2D eigenvalue weighted by Crippen LogP contribution is 2.18. The van der Waals surface area contributed by atoms with Gasteiger partial charge in [0.2, 0.25) is 5.89 Å². The Kier molecular flexibility index (Phi) is 6.00. The minimum absolute atomic E-state index is 0.192. The highest BCUT2D eigenvalue weighted by atomic mass is 16.5. The van der Waals surface area contributed by atoms with Crippen LogP contribution < -0.4 is 10.6 Å². The number of hydrogen-bond acceptors (Lipinski definition) is 5. The summed E-state index contributed by atoms with van der Waals surface area (Å²) in [7, 11) is 0. The van der Waals surface area contributed by atoms with E-state index >= 15 is 0 Å². The maximum Gasteiger partial charge on any atom is 0.315 e. The van der Waals surface area contributed by atoms with Gasteiger partial charge in [-0.05, 0) is 30.9 Å². The molecule has 1 atom stereocenters. The summed E-state index contributed by atoms with van der Waals surface area (Å²) in [6.07, 6.45) is 2.32. The van der Waals surface area contributed by atoms with E-state index in [1.807, 2.05) is 6.07 Å². The zero-order valence-corrected chi connectivity index (χ0v) is 14.6. The quantitative estimate of drug-likeness (QED) is 0.839. The molecule has 0 unspecified atom stereocenters. The minimum atomic E-state index is -0.192. The smallest absolute Gasteiger partial charge is 0.315 e. The first-order chi connectivity index (χ1) is 12.2. The van der Waals surface area contributed by atoms with Crippen LogP contribution in [0.15, 0.2) is 34.9 Å². The number of aryl methyl sites for hydroxylation is 1. The van der Waals surface area contributed by atoms with Crippen molar-refractivity contribution in [3.63, 3.8) is 0 Å². The van der Waals surface area contributed by atoms with Gasteiger partial charge in [-0.1, -0.05) is 35.5 Å². The summed E-state index contributed by atoms with van der Waals surface area (Å²) < 4.78 is 4.87. The molecule has 0 spiro atoms. The molecule has 1 aliphatic heterocycles. The number of benzene rings is 1. The van der Waals surface area contributed by atoms with Crippen molar-refractivity contribution in [2.75, 3.05) is 19.6 Å². The third-order valence-corrected chi connectivity index (χ3v) is 4.38. The van der Waals surface area contributed by atoms with E-state index in [2.05, 4.69) is 49.9 Å². The van der Waals surface area contributed by atoms with Crippen molar-refractivity contribution < 1.29 is 9.32 Å². The van der Waals surface area contributed by atoms with E-state index in [9.17, 15) is 4.79 Å². The van der Waals surface area contributed by atoms with Crippen molar-refractivity contribution in [2.24, 2.45) is 5.92 Å². The summed E-state index contributed by atoms with van der Waals surface area (Å²) in [4.78, 5) is 18.4. The Bertz CT molecular complexity index is 673. The zero-order chi connectivity index (χ0) is 17.5. The number of likely N-dealkylation sites (tertiary alicyclic amines) is 1. The van der Waals surface area contributed by atoms with Gasteiger partial charge in [-0.2, -0.15) is 4.98 Å². The second kappa shape index (κ2) is 8.62. The molecule has 2 aromatic rings. The lowest BCUT2D eigenvalue weighted by molar-refractivity contribution is 0.165. The second-order valence-electron chi connectivity index (χ2n) is 6.52. The van der Waals surface area contributed by atoms with Crippen molar-refractivity contribution in [3.8, 4) is 0 Å². The lowest BCUT2D eigenvalue weighted by Crippen LogP contribution is -2.43. The van der Waals surface area contributed by atoms with Crippen LogP contribution in [0.1, 0.15) is 30.1 Å². The van der Waals surface area contributed by atoms with Crippen molar-refractivity contribution in [1.29, 1.82) is 0 Å². The number of urea groups is 1. The molecular formula is C18H25N5O2. The Balaban J connectivity index is 1.38. The van der Waals surface area contributed by atoms with Gasteiger partial charge < -0.3 is 15.2 Å². The largest absolute Gasteiger partial charge is 0.340 e. The fourth-order valence-corrected chi connectivity index (χ4v) is 3.18. The first-order valence-electron chi connectivity index (χ1n) is 8.76. The molecule has 0 radical (unpaired) electrons. The van der Waals surface area contributed by atoms with Gasteiger partial charge in [-0.25, -0.2) is 4.79 Å². The van der Waals surface area contributed by atoms with Crippen LogP contribution in [0.2, 0.25) is 0 Å². The molecule has 0 bridgehead atoms. The van der Waals surface area contributed by atoms with Gasteiger partial charge in [0.1, 0.15) is 0 Å². The summed E-state index contributed by atoms with van der Waals surface area (Å²) in [5.41, 5.74) is 1.34. The van der Waals surface area contributed by atoms with E-state index in [4.69, 9.17) is 4.52 Å². The molecule has 0 aliphatic carbocycles. The third-order valence-electron chi connectivity index (χ3n) is 4.38. The fraction of sp³-hybridized carbons (Fsp3) is 0.500. The van der Waals surface area contributed by atoms with Crippen LogP contribution in [0.3, 0.4) is 0 Å². The first-order valence-corrected chi connectivity index (χ1v) is 8.76. The van der Waals surface area contributed by atoms with Crippen LogP contribution in [0, 0.1) is 12.8 Å². The number of carbonyl (C=O) groups excluding carboxylic acids is 1. The molecule has 1 fully saturated rings. The van der Waals surface area contributed by atoms with Crippen molar-refractivity contribution in [3.05, 3.63) is 47.6 Å². The van der Waals surface area contributed by atoms with Crippen molar-refractivity contribution in [2.45, 2.75) is 32.9 Å². The number of rotatable bonds is 6. The molecule has 3 rings (SSSR count). The Morgan fingerprint density at radius 3 is 2.92 bits per heavy atom. The molecule has 134 valence electrons. The van der Waals surface area contributed by atoms with Gasteiger partial charge in [-0.3, -0.25) is 4.90 Å². The van der Waals surface area contributed by atoms with Crippen LogP contribution in [-0.4, -0.2) is 40.7 Å². The van der Waals surface area contributed by atoms with Gasteiger partial charge in [0, 0.05) is 26.6 Å². The normalized spacial score (nSPS) is 18.0. The highest BCUT2D eigenvalue weighted by Gasteiger charge is 2.20. The van der Waals surface area contributed by atoms with Gasteiger partial charge in [0.05, 0.1) is 6.54 Å². The van der Waals surface area contributed by atoms with Crippen molar-refractivity contribution in [1.82, 2.24) is 25.7 Å². The summed E-state index contributed by atoms with van der Waals surface area (Å²) >= 11 is 0. The van der Waals surface area contributed by atoms with Gasteiger partial charge in [0.25, 0.3) is 0 Å². The molecule has 1 aromatic heterocycles. The summed E-state index contributed by atoms with van der Waals surface area (Å²) in [6.45, 7) is 5.78. The lowest BCUT2D eigenvalue weighted by Gasteiger charge is -2.32. The van der Waals surface area contributed by atoms with E-state index in [1.165, 1.54) is 12.0 Å². The monoisotopic (exact) mass is 343 g/mol. The Morgan fingerprint density at radius 1 is 1.32 bits per heavy atom. The molecule has 7 heteroatoms. The van der Waals surface area contributed by atoms with E-state index in [1.54, 1.807) is 6.92 Å². The Hall–Kier alpha value is -2.41. The predicted octanol–water partition coefficient (Wildman–Crippen LogP) is 2.09. The Labute approximate surface area is 147 Å². The molecule has 1 aromatic carbocycles. The second-order valence-corrected chi connectivity index (χ2v) is 6.52. The third kappa shape index (κ3) is 5.56. The molecule has 2 N–H and O–H groups in total. The van der Waals surface area contributed by atoms with Crippen LogP contribution in [0.4, 0.5) is 4.79 Å². The molecule has 0 saturated carbocycles. The first kappa shape index (κ1) is 17.4. The maximum atomic E-state index is 11.9. The van der Waals surface area contributed by atoms with Crippen LogP contribution in [0.5, 0.6) is 0 Å². The number of carbonyl (C=O) groups is 1. The maximum absolute atomic E-state index is 11.9. The topological polar surface area (TPSA) is 83.3 Å². The van der Waals surface area contributed by atoms with Gasteiger partial charge in [-0.15, -0.1) is 0 Å². The number of hydrogen-bond donors (Lipinski definition) is 2. The van der Waals surface area contributed by atoms with E-state index in [0.717, 1.165) is 26.1 Å². The Morgan fingerprint density at radius 2 is 2.16 bits per heavy atom. The van der Waals surface area contributed by atoms with Gasteiger partial charge in [0.15, 0.2) is 5.82 Å². The number of aromatic nitrogens is 2. The summed E-state index contributed by atoms with van der Waals surface area (Å²) in [5, 5.41) is 9.46. The lowest BCUT2D eigenvalue weighted by atomic mass is 9.97.